The van der Waals surface area contributed by atoms with Gasteiger partial charge in [0.1, 0.15) is 5.69 Å². The molecule has 2 aromatic carbocycles. The molecule has 0 atom stereocenters. The Kier molecular flexibility index (Phi) is 4.49. The van der Waals surface area contributed by atoms with Crippen LogP contribution in [0.1, 0.15) is 50.5 Å². The Morgan fingerprint density at radius 2 is 1.56 bits per heavy atom. The van der Waals surface area contributed by atoms with E-state index in [4.69, 9.17) is 0 Å². The number of rotatable bonds is 4. The summed E-state index contributed by atoms with van der Waals surface area (Å²) in [6.45, 7) is 2.04. The van der Waals surface area contributed by atoms with Gasteiger partial charge in [-0.2, -0.15) is 0 Å². The van der Waals surface area contributed by atoms with Crippen LogP contribution in [0.25, 0.3) is 22.0 Å². The first kappa shape index (κ1) is 19.7. The number of benzene rings is 2. The van der Waals surface area contributed by atoms with Crippen molar-refractivity contribution in [2.75, 3.05) is 5.43 Å². The molecule has 164 valence electrons. The molecule has 7 rings (SSSR count). The second-order valence-electron chi connectivity index (χ2n) is 10.6. The largest absolute Gasteiger partial charge is 0.294 e. The molecule has 0 saturated heterocycles. The smallest absolute Gasteiger partial charge is 0.273 e. The van der Waals surface area contributed by atoms with Crippen molar-refractivity contribution in [3.8, 4) is 11.3 Å². The van der Waals surface area contributed by atoms with Crippen molar-refractivity contribution in [1.29, 1.82) is 0 Å². The summed E-state index contributed by atoms with van der Waals surface area (Å²) in [7, 11) is 0. The highest BCUT2D eigenvalue weighted by Gasteiger charge is 2.51. The standard InChI is InChI=1S/C27H29N3O2/c1-17-6-8-21(9-7-17)25-22-4-2-3-5-23(22)26(32)30(29-25)28-24(31)16-27-13-18-10-19(14-27)12-20(11-18)15-27/h2-9,18-20H,10-16H2,1H3,(H,28,31). The molecule has 4 aliphatic carbocycles. The second-order valence-corrected chi connectivity index (χ2v) is 10.6. The van der Waals surface area contributed by atoms with Crippen LogP contribution >= 0.6 is 0 Å². The van der Waals surface area contributed by atoms with Crippen molar-refractivity contribution in [3.05, 3.63) is 64.4 Å². The third-order valence-corrected chi connectivity index (χ3v) is 8.06. The minimum atomic E-state index is -0.282. The fourth-order valence-electron chi connectivity index (χ4n) is 7.19. The second kappa shape index (κ2) is 7.29. The van der Waals surface area contributed by atoms with Crippen molar-refractivity contribution in [2.45, 2.75) is 51.9 Å². The van der Waals surface area contributed by atoms with Crippen molar-refractivity contribution in [2.24, 2.45) is 23.2 Å². The number of carbonyl (C=O) groups is 1. The van der Waals surface area contributed by atoms with E-state index in [0.29, 0.717) is 17.5 Å². The first-order valence-corrected chi connectivity index (χ1v) is 11.9. The van der Waals surface area contributed by atoms with Gasteiger partial charge < -0.3 is 0 Å². The first-order chi connectivity index (χ1) is 15.5. The Bertz CT molecular complexity index is 1220. The van der Waals surface area contributed by atoms with E-state index in [0.717, 1.165) is 34.3 Å². The average molecular weight is 428 g/mol. The Hall–Kier alpha value is -2.95. The number of amides is 1. The van der Waals surface area contributed by atoms with Gasteiger partial charge >= 0.3 is 0 Å². The Labute approximate surface area is 187 Å². The van der Waals surface area contributed by atoms with E-state index >= 15 is 0 Å². The SMILES string of the molecule is Cc1ccc(-c2nn(NC(=O)CC34CC5CC(CC(C5)C3)C4)c(=O)c3ccccc23)cc1. The Morgan fingerprint density at radius 1 is 0.969 bits per heavy atom. The maximum Gasteiger partial charge on any atom is 0.294 e. The molecule has 1 aromatic heterocycles. The van der Waals surface area contributed by atoms with Gasteiger partial charge in [-0.05, 0) is 74.7 Å². The van der Waals surface area contributed by atoms with Crippen LogP contribution in [0, 0.1) is 30.1 Å². The lowest BCUT2D eigenvalue weighted by molar-refractivity contribution is -0.125. The lowest BCUT2D eigenvalue weighted by Gasteiger charge is -2.56. The van der Waals surface area contributed by atoms with Crippen molar-refractivity contribution in [1.82, 2.24) is 9.89 Å². The molecule has 5 nitrogen and oxygen atoms in total. The topological polar surface area (TPSA) is 64.0 Å². The summed E-state index contributed by atoms with van der Waals surface area (Å²) < 4.78 is 0. The van der Waals surface area contributed by atoms with E-state index in [9.17, 15) is 9.59 Å². The molecule has 4 aliphatic rings. The van der Waals surface area contributed by atoms with Crippen LogP contribution in [0.2, 0.25) is 0 Å². The van der Waals surface area contributed by atoms with Crippen LogP contribution in [0.4, 0.5) is 0 Å². The van der Waals surface area contributed by atoms with E-state index in [-0.39, 0.29) is 16.9 Å². The zero-order valence-corrected chi connectivity index (χ0v) is 18.5. The van der Waals surface area contributed by atoms with Crippen LogP contribution in [0.3, 0.4) is 0 Å². The zero-order valence-electron chi connectivity index (χ0n) is 18.5. The number of aryl methyl sites for hydroxylation is 1. The minimum Gasteiger partial charge on any atom is -0.273 e. The number of hydrogen-bond acceptors (Lipinski definition) is 3. The summed E-state index contributed by atoms with van der Waals surface area (Å²) in [4.78, 5) is 27.5. The number of nitrogens with zero attached hydrogens (tertiary/aromatic N) is 2. The fraction of sp³-hybridized carbons (Fsp3) is 0.444. The number of hydrogen-bond donors (Lipinski definition) is 1. The molecule has 4 bridgehead atoms. The van der Waals surface area contributed by atoms with E-state index < -0.39 is 0 Å². The van der Waals surface area contributed by atoms with Crippen molar-refractivity contribution in [3.63, 3.8) is 0 Å². The molecular weight excluding hydrogens is 398 g/mol. The van der Waals surface area contributed by atoms with Crippen molar-refractivity contribution < 1.29 is 4.79 Å². The predicted molar refractivity (Wildman–Crippen MR) is 126 cm³/mol. The van der Waals surface area contributed by atoms with Crippen molar-refractivity contribution >= 4 is 16.7 Å². The van der Waals surface area contributed by atoms with Gasteiger partial charge in [0.05, 0.1) is 5.39 Å². The molecule has 0 radical (unpaired) electrons. The highest BCUT2D eigenvalue weighted by atomic mass is 16.2. The fourth-order valence-corrected chi connectivity index (χ4v) is 7.19. The zero-order chi connectivity index (χ0) is 21.9. The average Bonchev–Trinajstić information content (AvgIpc) is 2.75. The molecule has 4 saturated carbocycles. The molecule has 3 aromatic rings. The molecular formula is C27H29N3O2. The number of aromatic nitrogens is 2. The molecule has 32 heavy (non-hydrogen) atoms. The lowest BCUT2D eigenvalue weighted by atomic mass is 9.49. The van der Waals surface area contributed by atoms with Crippen LogP contribution in [0.5, 0.6) is 0 Å². The summed E-state index contributed by atoms with van der Waals surface area (Å²) in [5.41, 5.74) is 5.49. The molecule has 0 spiro atoms. The Morgan fingerprint density at radius 3 is 2.19 bits per heavy atom. The quantitative estimate of drug-likeness (QED) is 0.634. The summed E-state index contributed by atoms with van der Waals surface area (Å²) in [6.07, 6.45) is 8.06. The van der Waals surface area contributed by atoms with Gasteiger partial charge in [-0.15, -0.1) is 9.89 Å². The number of fused-ring (bicyclic) bond motifs is 1. The molecule has 1 N–H and O–H groups in total. The molecule has 1 heterocycles. The van der Waals surface area contributed by atoms with Gasteiger partial charge in [0.2, 0.25) is 5.91 Å². The summed E-state index contributed by atoms with van der Waals surface area (Å²) >= 11 is 0. The first-order valence-electron chi connectivity index (χ1n) is 11.9. The molecule has 0 aliphatic heterocycles. The van der Waals surface area contributed by atoms with Crippen LogP contribution in [-0.4, -0.2) is 15.8 Å². The molecule has 0 unspecified atom stereocenters. The third-order valence-electron chi connectivity index (χ3n) is 8.06. The number of nitrogens with one attached hydrogen (secondary N) is 1. The highest BCUT2D eigenvalue weighted by molar-refractivity contribution is 5.94. The van der Waals surface area contributed by atoms with Gasteiger partial charge in [-0.1, -0.05) is 48.0 Å². The van der Waals surface area contributed by atoms with Crippen LogP contribution < -0.4 is 11.0 Å². The van der Waals surface area contributed by atoms with Gasteiger partial charge in [0.15, 0.2) is 0 Å². The van der Waals surface area contributed by atoms with Gasteiger partial charge in [-0.25, -0.2) is 5.43 Å². The lowest BCUT2D eigenvalue weighted by Crippen LogP contribution is -2.48. The molecule has 5 heteroatoms. The van der Waals surface area contributed by atoms with Gasteiger partial charge in [0, 0.05) is 17.4 Å². The normalized spacial score (nSPS) is 28.2. The van der Waals surface area contributed by atoms with E-state index in [2.05, 4.69) is 10.5 Å². The number of carbonyl (C=O) groups excluding carboxylic acids is 1. The highest BCUT2D eigenvalue weighted by Crippen LogP contribution is 2.61. The third kappa shape index (κ3) is 3.35. The van der Waals surface area contributed by atoms with Crippen LogP contribution in [0.15, 0.2) is 53.3 Å². The predicted octanol–water partition coefficient (Wildman–Crippen LogP) is 5.05. The van der Waals surface area contributed by atoms with E-state index in [1.165, 1.54) is 43.3 Å². The van der Waals surface area contributed by atoms with E-state index in [1.54, 1.807) is 6.07 Å². The molecule has 1 amide bonds. The summed E-state index contributed by atoms with van der Waals surface area (Å²) in [6, 6.07) is 15.6. The molecule has 4 fully saturated rings. The van der Waals surface area contributed by atoms with E-state index in [1.807, 2.05) is 49.4 Å². The minimum absolute atomic E-state index is 0.0910. The van der Waals surface area contributed by atoms with Gasteiger partial charge in [0.25, 0.3) is 5.56 Å². The monoisotopic (exact) mass is 427 g/mol. The maximum absolute atomic E-state index is 13.2. The Balaban J connectivity index is 1.33. The van der Waals surface area contributed by atoms with Crippen LogP contribution in [-0.2, 0) is 4.79 Å². The summed E-state index contributed by atoms with van der Waals surface area (Å²) in [5.74, 6) is 2.29. The maximum atomic E-state index is 13.2. The summed E-state index contributed by atoms with van der Waals surface area (Å²) in [5, 5.41) is 5.97. The van der Waals surface area contributed by atoms with Gasteiger partial charge in [-0.3, -0.25) is 9.59 Å².